The van der Waals surface area contributed by atoms with Crippen molar-refractivity contribution in [3.05, 3.63) is 33.0 Å². The van der Waals surface area contributed by atoms with Crippen molar-refractivity contribution in [2.24, 2.45) is 0 Å². The Morgan fingerprint density at radius 2 is 2.20 bits per heavy atom. The number of hydrogen-bond acceptors (Lipinski definition) is 1. The Hall–Kier alpha value is -0.120. The zero-order valence-corrected chi connectivity index (χ0v) is 10.5. The Morgan fingerprint density at radius 1 is 1.40 bits per heavy atom. The Bertz CT molecular complexity index is 364. The molecule has 0 amide bonds. The van der Waals surface area contributed by atoms with E-state index in [1.165, 1.54) is 0 Å². The van der Waals surface area contributed by atoms with E-state index in [1.54, 1.807) is 12.1 Å². The van der Waals surface area contributed by atoms with Crippen molar-refractivity contribution in [2.45, 2.75) is 25.3 Å². The van der Waals surface area contributed by atoms with Gasteiger partial charge in [-0.3, -0.25) is 0 Å². The fourth-order valence-electron chi connectivity index (χ4n) is 1.96. The lowest BCUT2D eigenvalue weighted by molar-refractivity contribution is 0.399. The molecule has 1 heterocycles. The van der Waals surface area contributed by atoms with Gasteiger partial charge in [-0.1, -0.05) is 18.0 Å². The highest BCUT2D eigenvalue weighted by Crippen LogP contribution is 2.34. The average Bonchev–Trinajstić information content (AvgIpc) is 2.26. The normalized spacial score (nSPS) is 21.7. The molecule has 0 bridgehead atoms. The third kappa shape index (κ3) is 2.35. The Kier molecular flexibility index (Phi) is 3.65. The lowest BCUT2D eigenvalue weighted by atomic mass is 9.97. The molecule has 4 heteroatoms. The summed E-state index contributed by atoms with van der Waals surface area (Å²) in [5.74, 6) is -0.234. The van der Waals surface area contributed by atoms with E-state index in [0.717, 1.165) is 25.8 Å². The van der Waals surface area contributed by atoms with Crippen molar-refractivity contribution in [1.29, 1.82) is 0 Å². The summed E-state index contributed by atoms with van der Waals surface area (Å²) in [5, 5.41) is 3.81. The summed E-state index contributed by atoms with van der Waals surface area (Å²) in [7, 11) is 0. The molecule has 1 aliphatic rings. The molecular weight excluding hydrogens is 280 g/mol. The Labute approximate surface area is 102 Å². The van der Waals surface area contributed by atoms with Crippen molar-refractivity contribution < 1.29 is 4.39 Å². The predicted octanol–water partition coefficient (Wildman–Crippen LogP) is 4.06. The first kappa shape index (κ1) is 11.4. The van der Waals surface area contributed by atoms with Crippen LogP contribution in [-0.4, -0.2) is 6.54 Å². The average molecular weight is 293 g/mol. The summed E-state index contributed by atoms with van der Waals surface area (Å²) in [6, 6.07) is 3.44. The Morgan fingerprint density at radius 3 is 2.87 bits per heavy atom. The van der Waals surface area contributed by atoms with Gasteiger partial charge in [0.1, 0.15) is 5.82 Å². The monoisotopic (exact) mass is 291 g/mol. The van der Waals surface area contributed by atoms with E-state index < -0.39 is 0 Å². The molecule has 1 aliphatic heterocycles. The zero-order valence-electron chi connectivity index (χ0n) is 8.19. The van der Waals surface area contributed by atoms with Crippen molar-refractivity contribution in [1.82, 2.24) is 5.32 Å². The topological polar surface area (TPSA) is 12.0 Å². The lowest BCUT2D eigenvalue weighted by Crippen LogP contribution is -2.27. The summed E-state index contributed by atoms with van der Waals surface area (Å²) in [4.78, 5) is 0. The SMILES string of the molecule is Fc1c(Br)ccc(Cl)c1C1CCCCN1. The van der Waals surface area contributed by atoms with Crippen LogP contribution in [0.5, 0.6) is 0 Å². The van der Waals surface area contributed by atoms with Crippen LogP contribution < -0.4 is 5.32 Å². The summed E-state index contributed by atoms with van der Waals surface area (Å²) in [5.41, 5.74) is 0.603. The van der Waals surface area contributed by atoms with E-state index in [2.05, 4.69) is 21.2 Å². The van der Waals surface area contributed by atoms with E-state index in [-0.39, 0.29) is 11.9 Å². The summed E-state index contributed by atoms with van der Waals surface area (Å²) in [6.07, 6.45) is 3.23. The van der Waals surface area contributed by atoms with Gasteiger partial charge in [-0.15, -0.1) is 0 Å². The molecule has 1 unspecified atom stereocenters. The van der Waals surface area contributed by atoms with Gasteiger partial charge in [-0.2, -0.15) is 0 Å². The van der Waals surface area contributed by atoms with Crippen LogP contribution >= 0.6 is 27.5 Å². The molecule has 0 aromatic heterocycles. The van der Waals surface area contributed by atoms with Crippen LogP contribution in [0, 0.1) is 5.82 Å². The molecule has 1 fully saturated rings. The lowest BCUT2D eigenvalue weighted by Gasteiger charge is -2.25. The van der Waals surface area contributed by atoms with Gasteiger partial charge in [0.2, 0.25) is 0 Å². The van der Waals surface area contributed by atoms with Gasteiger partial charge in [-0.25, -0.2) is 4.39 Å². The highest BCUT2D eigenvalue weighted by Gasteiger charge is 2.22. The van der Waals surface area contributed by atoms with Gasteiger partial charge in [0.15, 0.2) is 0 Å². The fourth-order valence-corrected chi connectivity index (χ4v) is 2.58. The quantitative estimate of drug-likeness (QED) is 0.770. The molecule has 82 valence electrons. The molecule has 0 aliphatic carbocycles. The molecule has 1 aromatic carbocycles. The Balaban J connectivity index is 2.36. The van der Waals surface area contributed by atoms with Crippen molar-refractivity contribution in [3.63, 3.8) is 0 Å². The molecule has 1 atom stereocenters. The minimum atomic E-state index is -0.234. The molecule has 0 radical (unpaired) electrons. The zero-order chi connectivity index (χ0) is 10.8. The summed E-state index contributed by atoms with van der Waals surface area (Å²) in [6.45, 7) is 0.937. The largest absolute Gasteiger partial charge is 0.310 e. The molecule has 15 heavy (non-hydrogen) atoms. The molecule has 1 nitrogen and oxygen atoms in total. The predicted molar refractivity (Wildman–Crippen MR) is 63.7 cm³/mol. The van der Waals surface area contributed by atoms with Crippen molar-refractivity contribution >= 4 is 27.5 Å². The minimum Gasteiger partial charge on any atom is -0.310 e. The molecule has 2 rings (SSSR count). The molecular formula is C11H12BrClFN. The third-order valence-corrected chi connectivity index (χ3v) is 3.68. The van der Waals surface area contributed by atoms with Gasteiger partial charge in [0.05, 0.1) is 4.47 Å². The van der Waals surface area contributed by atoms with Crippen LogP contribution in [0.1, 0.15) is 30.9 Å². The van der Waals surface area contributed by atoms with E-state index in [4.69, 9.17) is 11.6 Å². The van der Waals surface area contributed by atoms with Crippen molar-refractivity contribution in [2.75, 3.05) is 6.54 Å². The second-order valence-electron chi connectivity index (χ2n) is 3.76. The van der Waals surface area contributed by atoms with Gasteiger partial charge in [0, 0.05) is 16.6 Å². The standard InChI is InChI=1S/C11H12BrClFN/c12-7-4-5-8(13)10(11(7)14)9-3-1-2-6-15-9/h4-5,9,15H,1-3,6H2. The number of piperidine rings is 1. The van der Waals surface area contributed by atoms with Gasteiger partial charge in [-0.05, 0) is 47.4 Å². The molecule has 1 aromatic rings. The first-order chi connectivity index (χ1) is 7.20. The van der Waals surface area contributed by atoms with E-state index in [1.807, 2.05) is 0 Å². The molecule has 1 saturated heterocycles. The first-order valence-corrected chi connectivity index (χ1v) is 6.24. The van der Waals surface area contributed by atoms with E-state index >= 15 is 0 Å². The van der Waals surface area contributed by atoms with Crippen LogP contribution in [0.4, 0.5) is 4.39 Å². The maximum absolute atomic E-state index is 13.9. The molecule has 0 spiro atoms. The van der Waals surface area contributed by atoms with Crippen LogP contribution in [0.15, 0.2) is 16.6 Å². The maximum atomic E-state index is 13.9. The van der Waals surface area contributed by atoms with Crippen LogP contribution in [-0.2, 0) is 0 Å². The number of halogens is 3. The van der Waals surface area contributed by atoms with Crippen LogP contribution in [0.25, 0.3) is 0 Å². The highest BCUT2D eigenvalue weighted by molar-refractivity contribution is 9.10. The molecule has 1 N–H and O–H groups in total. The smallest absolute Gasteiger partial charge is 0.143 e. The number of nitrogens with one attached hydrogen (secondary N) is 1. The number of rotatable bonds is 1. The van der Waals surface area contributed by atoms with E-state index in [9.17, 15) is 4.39 Å². The van der Waals surface area contributed by atoms with Gasteiger partial charge in [0.25, 0.3) is 0 Å². The van der Waals surface area contributed by atoms with Crippen LogP contribution in [0.3, 0.4) is 0 Å². The third-order valence-electron chi connectivity index (χ3n) is 2.74. The van der Waals surface area contributed by atoms with Gasteiger partial charge >= 0.3 is 0 Å². The van der Waals surface area contributed by atoms with Crippen molar-refractivity contribution in [3.8, 4) is 0 Å². The van der Waals surface area contributed by atoms with Gasteiger partial charge < -0.3 is 5.32 Å². The summed E-state index contributed by atoms with van der Waals surface area (Å²) < 4.78 is 14.4. The highest BCUT2D eigenvalue weighted by atomic mass is 79.9. The minimum absolute atomic E-state index is 0.0590. The van der Waals surface area contributed by atoms with E-state index in [0.29, 0.717) is 15.1 Å². The second kappa shape index (κ2) is 4.81. The summed E-state index contributed by atoms with van der Waals surface area (Å²) >= 11 is 9.22. The number of hydrogen-bond donors (Lipinski definition) is 1. The fraction of sp³-hybridized carbons (Fsp3) is 0.455. The van der Waals surface area contributed by atoms with Crippen LogP contribution in [0.2, 0.25) is 5.02 Å². The second-order valence-corrected chi connectivity index (χ2v) is 5.02. The number of benzene rings is 1. The molecule has 0 saturated carbocycles. The maximum Gasteiger partial charge on any atom is 0.143 e. The first-order valence-electron chi connectivity index (χ1n) is 5.07.